The van der Waals surface area contributed by atoms with E-state index in [0.717, 1.165) is 24.5 Å². The van der Waals surface area contributed by atoms with Crippen molar-refractivity contribution < 1.29 is 9.53 Å². The average Bonchev–Trinajstić information content (AvgIpc) is 2.65. The Morgan fingerprint density at radius 1 is 1.54 bits per heavy atom. The van der Waals surface area contributed by atoms with Crippen LogP contribution in [-0.2, 0) is 9.53 Å². The number of hydrogen-bond acceptors (Lipinski definition) is 2. The molecule has 1 saturated carbocycles. The third-order valence-corrected chi connectivity index (χ3v) is 2.95. The van der Waals surface area contributed by atoms with Crippen molar-refractivity contribution in [3.05, 3.63) is 11.3 Å². The monoisotopic (exact) mass is 180 g/mol. The normalized spacial score (nSPS) is 25.5. The molecule has 2 aliphatic carbocycles. The first kappa shape index (κ1) is 8.79. The van der Waals surface area contributed by atoms with Gasteiger partial charge in [-0.1, -0.05) is 6.92 Å². The topological polar surface area (TPSA) is 26.3 Å². The maximum absolute atomic E-state index is 11.2. The number of allylic oxidation sites excluding steroid dienone is 2. The quantitative estimate of drug-likeness (QED) is 0.624. The minimum atomic E-state index is -0.0439. The summed E-state index contributed by atoms with van der Waals surface area (Å²) in [7, 11) is 0. The van der Waals surface area contributed by atoms with E-state index in [1.54, 1.807) is 0 Å². The maximum Gasteiger partial charge on any atom is 0.310 e. The van der Waals surface area contributed by atoms with Gasteiger partial charge in [-0.05, 0) is 37.2 Å². The van der Waals surface area contributed by atoms with E-state index in [2.05, 4.69) is 0 Å². The van der Waals surface area contributed by atoms with Crippen LogP contribution in [0.15, 0.2) is 11.3 Å². The molecule has 2 nitrogen and oxygen atoms in total. The molecule has 0 aromatic carbocycles. The van der Waals surface area contributed by atoms with E-state index < -0.39 is 0 Å². The van der Waals surface area contributed by atoms with Gasteiger partial charge in [0.2, 0.25) is 0 Å². The molecular weight excluding hydrogens is 164 g/mol. The van der Waals surface area contributed by atoms with Gasteiger partial charge in [-0.3, -0.25) is 4.79 Å². The molecule has 1 fully saturated rings. The maximum atomic E-state index is 11.2. The van der Waals surface area contributed by atoms with Crippen LogP contribution in [0.25, 0.3) is 0 Å². The lowest BCUT2D eigenvalue weighted by Crippen LogP contribution is -2.06. The van der Waals surface area contributed by atoms with Crippen molar-refractivity contribution in [3.8, 4) is 0 Å². The zero-order chi connectivity index (χ0) is 9.26. The number of fused-ring (bicyclic) bond motifs is 2. The lowest BCUT2D eigenvalue weighted by Gasteiger charge is -2.11. The van der Waals surface area contributed by atoms with Crippen molar-refractivity contribution in [2.75, 3.05) is 0 Å². The summed E-state index contributed by atoms with van der Waals surface area (Å²) in [6, 6.07) is 0. The molecule has 2 aliphatic rings. The number of hydrogen-bond donors (Lipinski definition) is 0. The largest absolute Gasteiger partial charge is 0.431 e. The van der Waals surface area contributed by atoms with Crippen LogP contribution in [0.2, 0.25) is 0 Å². The van der Waals surface area contributed by atoms with E-state index in [-0.39, 0.29) is 5.97 Å². The molecule has 2 heteroatoms. The first-order valence-electron chi connectivity index (χ1n) is 5.21. The summed E-state index contributed by atoms with van der Waals surface area (Å²) in [5.41, 5.74) is 1.41. The predicted octanol–water partition coefficient (Wildman–Crippen LogP) is 2.79. The fourth-order valence-corrected chi connectivity index (χ4v) is 2.27. The van der Waals surface area contributed by atoms with E-state index in [9.17, 15) is 4.79 Å². The molecule has 2 rings (SSSR count). The van der Waals surface area contributed by atoms with E-state index in [1.165, 1.54) is 24.8 Å². The minimum Gasteiger partial charge on any atom is -0.431 e. The highest BCUT2D eigenvalue weighted by molar-refractivity contribution is 5.70. The Kier molecular flexibility index (Phi) is 2.38. The highest BCUT2D eigenvalue weighted by Crippen LogP contribution is 2.44. The van der Waals surface area contributed by atoms with Crippen molar-refractivity contribution in [1.82, 2.24) is 0 Å². The van der Waals surface area contributed by atoms with Gasteiger partial charge in [0.1, 0.15) is 5.76 Å². The van der Waals surface area contributed by atoms with Gasteiger partial charge in [0, 0.05) is 12.8 Å². The van der Waals surface area contributed by atoms with Gasteiger partial charge in [-0.25, -0.2) is 0 Å². The summed E-state index contributed by atoms with van der Waals surface area (Å²) in [6.45, 7) is 2.00. The minimum absolute atomic E-state index is 0.0439. The summed E-state index contributed by atoms with van der Waals surface area (Å²) in [6.07, 6.45) is 6.12. The van der Waals surface area contributed by atoms with Gasteiger partial charge in [0.05, 0.1) is 0 Å². The van der Waals surface area contributed by atoms with E-state index >= 15 is 0 Å². The van der Waals surface area contributed by atoms with Crippen LogP contribution in [0.1, 0.15) is 45.4 Å². The van der Waals surface area contributed by atoms with Crippen LogP contribution in [0.5, 0.6) is 0 Å². The molecule has 72 valence electrons. The summed E-state index contributed by atoms with van der Waals surface area (Å²) < 4.78 is 5.33. The Labute approximate surface area is 79.0 Å². The number of esters is 1. The molecular formula is C11H16O2. The first-order valence-corrected chi connectivity index (χ1v) is 5.21. The van der Waals surface area contributed by atoms with Crippen LogP contribution in [0.3, 0.4) is 0 Å². The van der Waals surface area contributed by atoms with Gasteiger partial charge in [-0.15, -0.1) is 0 Å². The van der Waals surface area contributed by atoms with Gasteiger partial charge < -0.3 is 4.74 Å². The average molecular weight is 180 g/mol. The summed E-state index contributed by atoms with van der Waals surface area (Å²) >= 11 is 0. The third-order valence-electron chi connectivity index (χ3n) is 2.95. The molecule has 0 radical (unpaired) electrons. The van der Waals surface area contributed by atoms with Crippen LogP contribution >= 0.6 is 0 Å². The predicted molar refractivity (Wildman–Crippen MR) is 50.0 cm³/mol. The molecule has 0 aromatic heterocycles. The number of carbonyl (C=O) groups excluding carboxylic acids is 1. The third kappa shape index (κ3) is 1.77. The molecule has 2 bridgehead atoms. The van der Waals surface area contributed by atoms with Crippen LogP contribution in [0.4, 0.5) is 0 Å². The molecule has 0 unspecified atom stereocenters. The van der Waals surface area contributed by atoms with Gasteiger partial charge in [0.15, 0.2) is 0 Å². The molecule has 0 spiro atoms. The summed E-state index contributed by atoms with van der Waals surface area (Å²) in [5.74, 6) is 1.76. The second-order valence-electron chi connectivity index (χ2n) is 4.06. The molecule has 0 aliphatic heterocycles. The number of ether oxygens (including phenoxy) is 1. The van der Waals surface area contributed by atoms with E-state index in [0.29, 0.717) is 6.42 Å². The van der Waals surface area contributed by atoms with Crippen LogP contribution < -0.4 is 0 Å². The van der Waals surface area contributed by atoms with E-state index in [4.69, 9.17) is 4.74 Å². The fourth-order valence-electron chi connectivity index (χ4n) is 2.27. The lowest BCUT2D eigenvalue weighted by atomic mass is 10.1. The van der Waals surface area contributed by atoms with Crippen molar-refractivity contribution in [1.29, 1.82) is 0 Å². The second kappa shape index (κ2) is 3.52. The molecule has 13 heavy (non-hydrogen) atoms. The van der Waals surface area contributed by atoms with Crippen LogP contribution in [0, 0.1) is 5.92 Å². The first-order chi connectivity index (χ1) is 6.29. The zero-order valence-corrected chi connectivity index (χ0v) is 8.14. The number of rotatable bonds is 3. The SMILES string of the molecule is CCCC(=O)OC1=C2CC[C@H](C2)C1. The molecule has 1 atom stereocenters. The second-order valence-corrected chi connectivity index (χ2v) is 4.06. The Morgan fingerprint density at radius 2 is 2.38 bits per heavy atom. The Balaban J connectivity index is 1.92. The van der Waals surface area contributed by atoms with E-state index in [1.807, 2.05) is 6.92 Å². The molecule has 0 saturated heterocycles. The smallest absolute Gasteiger partial charge is 0.310 e. The van der Waals surface area contributed by atoms with Crippen molar-refractivity contribution in [2.45, 2.75) is 45.4 Å². The molecule has 0 N–H and O–H groups in total. The van der Waals surface area contributed by atoms with Crippen molar-refractivity contribution >= 4 is 5.97 Å². The fraction of sp³-hybridized carbons (Fsp3) is 0.727. The summed E-state index contributed by atoms with van der Waals surface area (Å²) in [4.78, 5) is 11.2. The Hall–Kier alpha value is -0.790. The lowest BCUT2D eigenvalue weighted by molar-refractivity contribution is -0.139. The summed E-state index contributed by atoms with van der Waals surface area (Å²) in [5, 5.41) is 0. The van der Waals surface area contributed by atoms with Crippen molar-refractivity contribution in [3.63, 3.8) is 0 Å². The van der Waals surface area contributed by atoms with Gasteiger partial charge in [-0.2, -0.15) is 0 Å². The molecule has 0 aromatic rings. The number of carbonyl (C=O) groups is 1. The molecule has 0 heterocycles. The Bertz CT molecular complexity index is 253. The zero-order valence-electron chi connectivity index (χ0n) is 8.14. The standard InChI is InChI=1S/C11H16O2/c1-2-3-11(12)13-10-7-8-4-5-9(10)6-8/h8H,2-7H2,1H3/t8-/m1/s1. The van der Waals surface area contributed by atoms with Gasteiger partial charge >= 0.3 is 5.97 Å². The van der Waals surface area contributed by atoms with Gasteiger partial charge in [0.25, 0.3) is 0 Å². The van der Waals surface area contributed by atoms with Crippen LogP contribution in [-0.4, -0.2) is 5.97 Å². The highest BCUT2D eigenvalue weighted by Gasteiger charge is 2.32. The molecule has 0 amide bonds. The highest BCUT2D eigenvalue weighted by atomic mass is 16.5. The van der Waals surface area contributed by atoms with Crippen molar-refractivity contribution in [2.24, 2.45) is 5.92 Å². The Morgan fingerprint density at radius 3 is 2.92 bits per heavy atom.